The second kappa shape index (κ2) is 11.9. The third-order valence-corrected chi connectivity index (χ3v) is 13.0. The Labute approximate surface area is 248 Å². The molecule has 0 radical (unpaired) electrons. The van der Waals surface area contributed by atoms with E-state index in [2.05, 4.69) is 26.8 Å². The number of Topliss-reactive ketones (excluding diaryl/α,β-unsaturated/α-hetero) is 1. The van der Waals surface area contributed by atoms with Gasteiger partial charge in [-0.3, -0.25) is 9.59 Å². The number of likely N-dealkylation sites (tertiary alicyclic amines) is 1. The van der Waals surface area contributed by atoms with Gasteiger partial charge in [0.2, 0.25) is 5.78 Å². The Balaban J connectivity index is 1.28. The number of hydrogen-bond acceptors (Lipinski definition) is 5. The average Bonchev–Trinajstić information content (AvgIpc) is 3.26. The molecular weight excluding hydrogens is 518 g/mol. The summed E-state index contributed by atoms with van der Waals surface area (Å²) in [5.74, 6) is 1.35. The van der Waals surface area contributed by atoms with Crippen molar-refractivity contribution in [2.45, 2.75) is 117 Å². The monoisotopic (exact) mass is 572 g/mol. The Hall–Kier alpha value is -1.11. The minimum atomic E-state index is -1.05. The Morgan fingerprint density at radius 3 is 2.48 bits per heavy atom. The second-order valence-electron chi connectivity index (χ2n) is 14.3. The summed E-state index contributed by atoms with van der Waals surface area (Å²) in [6.45, 7) is 14.4. The number of piperidine rings is 1. The van der Waals surface area contributed by atoms with Crippen molar-refractivity contribution in [1.82, 2.24) is 0 Å². The largest absolute Gasteiger partial charge is 0.450 e. The summed E-state index contributed by atoms with van der Waals surface area (Å²) in [4.78, 5) is 28.1. The van der Waals surface area contributed by atoms with E-state index in [9.17, 15) is 9.59 Å². The first-order valence-electron chi connectivity index (χ1n) is 16.5. The fourth-order valence-electron chi connectivity index (χ4n) is 10.2. The van der Waals surface area contributed by atoms with Crippen LogP contribution in [0.2, 0.25) is 0 Å². The molecule has 1 saturated heterocycles. The molecule has 0 unspecified atom stereocenters. The number of carbonyl (C=O) groups is 2. The van der Waals surface area contributed by atoms with E-state index < -0.39 is 5.60 Å². The lowest BCUT2D eigenvalue weighted by molar-refractivity contribution is -0.931. The predicted octanol–water partition coefficient (Wildman–Crippen LogP) is 7.01. The van der Waals surface area contributed by atoms with E-state index in [1.807, 2.05) is 6.92 Å². The van der Waals surface area contributed by atoms with Crippen molar-refractivity contribution in [3.63, 3.8) is 0 Å². The van der Waals surface area contributed by atoms with Crippen LogP contribution in [0.1, 0.15) is 111 Å². The van der Waals surface area contributed by atoms with E-state index >= 15 is 0 Å². The highest BCUT2D eigenvalue weighted by molar-refractivity contribution is 7.80. The Kier molecular flexibility index (Phi) is 9.01. The standard InChI is InChI=1S/C34H54NO4S/c1-5-31(37)39-34(30(36)24-38-22-10-21-35(6-2)19-8-7-9-20-35)18-15-29-27-12-11-25-23-26(40)13-16-32(25,3)28(27)14-17-33(29,34)4/h23,27-29H,5-22,24H2,1-4H3/q+1/t27-,28+,29+,32+,33+,34+/m1/s1. The van der Waals surface area contributed by atoms with Crippen molar-refractivity contribution < 1.29 is 23.5 Å². The number of hydrogen-bond donors (Lipinski definition) is 0. The molecule has 224 valence electrons. The van der Waals surface area contributed by atoms with Gasteiger partial charge in [-0.1, -0.05) is 38.6 Å². The lowest BCUT2D eigenvalue weighted by Gasteiger charge is -2.59. The molecule has 0 spiro atoms. The van der Waals surface area contributed by atoms with Crippen LogP contribution in [-0.2, 0) is 19.1 Å². The quantitative estimate of drug-likeness (QED) is 0.122. The molecular formula is C34H54NO4S+. The van der Waals surface area contributed by atoms with Gasteiger partial charge in [0.1, 0.15) is 6.61 Å². The molecule has 3 saturated carbocycles. The van der Waals surface area contributed by atoms with Crippen LogP contribution in [-0.4, -0.2) is 66.1 Å². The number of fused-ring (bicyclic) bond motifs is 5. The van der Waals surface area contributed by atoms with Crippen molar-refractivity contribution in [3.8, 4) is 0 Å². The zero-order valence-corrected chi connectivity index (χ0v) is 26.5. The fourth-order valence-corrected chi connectivity index (χ4v) is 10.4. The summed E-state index contributed by atoms with van der Waals surface area (Å²) in [6.07, 6.45) is 15.7. The maximum atomic E-state index is 14.1. The molecule has 4 fully saturated rings. The lowest BCUT2D eigenvalue weighted by Crippen LogP contribution is -2.60. The summed E-state index contributed by atoms with van der Waals surface area (Å²) in [6, 6.07) is 0. The summed E-state index contributed by atoms with van der Waals surface area (Å²) in [5.41, 5.74) is 0.408. The molecule has 5 aliphatic rings. The molecule has 4 aliphatic carbocycles. The number of esters is 1. The van der Waals surface area contributed by atoms with Crippen LogP contribution in [0.25, 0.3) is 0 Å². The summed E-state index contributed by atoms with van der Waals surface area (Å²) >= 11 is 5.59. The highest BCUT2D eigenvalue weighted by Gasteiger charge is 2.68. The van der Waals surface area contributed by atoms with Crippen LogP contribution in [0.3, 0.4) is 0 Å². The van der Waals surface area contributed by atoms with Crippen LogP contribution >= 0.6 is 12.2 Å². The van der Waals surface area contributed by atoms with E-state index in [0.29, 0.717) is 37.2 Å². The molecule has 0 bridgehead atoms. The molecule has 5 rings (SSSR count). The number of ketones is 1. The summed E-state index contributed by atoms with van der Waals surface area (Å²) in [7, 11) is 0. The Bertz CT molecular complexity index is 1020. The molecule has 0 aromatic carbocycles. The van der Waals surface area contributed by atoms with Crippen LogP contribution in [0.4, 0.5) is 0 Å². The first kappa shape index (κ1) is 30.4. The molecule has 40 heavy (non-hydrogen) atoms. The second-order valence-corrected chi connectivity index (χ2v) is 14.9. The van der Waals surface area contributed by atoms with E-state index in [1.54, 1.807) is 5.57 Å². The van der Waals surface area contributed by atoms with Crippen LogP contribution in [0.15, 0.2) is 11.6 Å². The summed E-state index contributed by atoms with van der Waals surface area (Å²) in [5, 5.41) is 0. The highest BCUT2D eigenvalue weighted by Crippen LogP contribution is 2.68. The maximum Gasteiger partial charge on any atom is 0.306 e. The number of thiocarbonyl (C=S) groups is 1. The minimum absolute atomic E-state index is 0.000678. The van der Waals surface area contributed by atoms with Crippen LogP contribution in [0, 0.1) is 28.6 Å². The fraction of sp³-hybridized carbons (Fsp3) is 0.853. The van der Waals surface area contributed by atoms with Gasteiger partial charge >= 0.3 is 5.97 Å². The van der Waals surface area contributed by atoms with Gasteiger partial charge in [0.25, 0.3) is 0 Å². The molecule has 1 aliphatic heterocycles. The third kappa shape index (κ3) is 5.17. The Morgan fingerprint density at radius 1 is 1.00 bits per heavy atom. The SMILES string of the molecule is CCC(=O)O[C@]1(C(=O)COCCC[N+]2(CC)CCCCC2)CC[C@H]2[C@@H]3CCC4=CC(=S)CC[C@]4(C)[C@H]3CC[C@@]21C. The van der Waals surface area contributed by atoms with Gasteiger partial charge < -0.3 is 14.0 Å². The van der Waals surface area contributed by atoms with Gasteiger partial charge in [0, 0.05) is 23.1 Å². The molecule has 6 atom stereocenters. The number of rotatable bonds is 10. The van der Waals surface area contributed by atoms with Gasteiger partial charge in [-0.15, -0.1) is 0 Å². The van der Waals surface area contributed by atoms with Crippen molar-refractivity contribution in [2.75, 3.05) is 39.4 Å². The first-order chi connectivity index (χ1) is 19.1. The number of carbonyl (C=O) groups excluding carboxylic acids is 2. The van der Waals surface area contributed by atoms with E-state index in [4.69, 9.17) is 21.7 Å². The van der Waals surface area contributed by atoms with Crippen LogP contribution in [0.5, 0.6) is 0 Å². The third-order valence-electron chi connectivity index (χ3n) is 12.7. The molecule has 0 N–H and O–H groups in total. The number of quaternary nitrogens is 1. The maximum absolute atomic E-state index is 14.1. The molecule has 0 aromatic rings. The van der Waals surface area contributed by atoms with Crippen molar-refractivity contribution in [3.05, 3.63) is 11.6 Å². The van der Waals surface area contributed by atoms with E-state index in [-0.39, 0.29) is 29.2 Å². The van der Waals surface area contributed by atoms with Crippen molar-refractivity contribution in [2.24, 2.45) is 28.6 Å². The lowest BCUT2D eigenvalue weighted by atomic mass is 9.46. The number of nitrogens with zero attached hydrogens (tertiary/aromatic N) is 1. The zero-order valence-electron chi connectivity index (χ0n) is 25.7. The molecule has 0 aromatic heterocycles. The number of allylic oxidation sites excluding steroid dienone is 2. The van der Waals surface area contributed by atoms with Crippen molar-refractivity contribution in [1.29, 1.82) is 0 Å². The molecule has 5 nitrogen and oxygen atoms in total. The molecule has 0 amide bonds. The minimum Gasteiger partial charge on any atom is -0.450 e. The molecule has 1 heterocycles. The Morgan fingerprint density at radius 2 is 1.75 bits per heavy atom. The van der Waals surface area contributed by atoms with E-state index in [0.717, 1.165) is 62.8 Å². The number of ether oxygens (including phenoxy) is 2. The smallest absolute Gasteiger partial charge is 0.306 e. The predicted molar refractivity (Wildman–Crippen MR) is 163 cm³/mol. The summed E-state index contributed by atoms with van der Waals surface area (Å²) < 4.78 is 13.6. The van der Waals surface area contributed by atoms with E-state index in [1.165, 1.54) is 43.4 Å². The van der Waals surface area contributed by atoms with Crippen molar-refractivity contribution >= 4 is 28.8 Å². The first-order valence-corrected chi connectivity index (χ1v) is 17.0. The topological polar surface area (TPSA) is 52.6 Å². The zero-order chi connectivity index (χ0) is 28.6. The van der Waals surface area contributed by atoms with Gasteiger partial charge in [-0.05, 0) is 107 Å². The van der Waals surface area contributed by atoms with Crippen LogP contribution < -0.4 is 0 Å². The molecule has 6 heteroatoms. The normalized spacial score (nSPS) is 38.5. The average molecular weight is 573 g/mol. The van der Waals surface area contributed by atoms with Gasteiger partial charge in [-0.2, -0.15) is 0 Å². The van der Waals surface area contributed by atoms with Gasteiger partial charge in [-0.25, -0.2) is 0 Å². The highest BCUT2D eigenvalue weighted by atomic mass is 32.1. The van der Waals surface area contributed by atoms with Gasteiger partial charge in [0.15, 0.2) is 5.60 Å². The van der Waals surface area contributed by atoms with Gasteiger partial charge in [0.05, 0.1) is 32.8 Å².